The van der Waals surface area contributed by atoms with Crippen LogP contribution in [-0.2, 0) is 20.8 Å². The molecular weight excluding hydrogens is 401 g/mol. The van der Waals surface area contributed by atoms with Gasteiger partial charge in [0.2, 0.25) is 5.91 Å². The smallest absolute Gasteiger partial charge is 0.301 e. The van der Waals surface area contributed by atoms with E-state index < -0.39 is 38.5 Å². The van der Waals surface area contributed by atoms with Crippen molar-refractivity contribution in [2.75, 3.05) is 11.1 Å². The summed E-state index contributed by atoms with van der Waals surface area (Å²) in [6.07, 6.45) is -1.62. The number of thiazole rings is 1. The van der Waals surface area contributed by atoms with Gasteiger partial charge in [-0.1, -0.05) is 25.0 Å². The zero-order chi connectivity index (χ0) is 19.7. The molecule has 0 saturated heterocycles. The van der Waals surface area contributed by atoms with Gasteiger partial charge in [-0.3, -0.25) is 4.79 Å². The van der Waals surface area contributed by atoms with E-state index >= 15 is 0 Å². The molecule has 2 aromatic rings. The fourth-order valence-electron chi connectivity index (χ4n) is 3.02. The van der Waals surface area contributed by atoms with Crippen molar-refractivity contribution in [1.82, 2.24) is 4.98 Å². The lowest BCUT2D eigenvalue weighted by molar-refractivity contribution is -0.137. The lowest BCUT2D eigenvalue weighted by Crippen LogP contribution is -2.29. The first-order valence-corrected chi connectivity index (χ1v) is 10.9. The molecule has 1 fully saturated rings. The number of amides is 1. The van der Waals surface area contributed by atoms with Gasteiger partial charge < -0.3 is 5.32 Å². The highest BCUT2D eigenvalue weighted by atomic mass is 32.2. The third-order valence-electron chi connectivity index (χ3n) is 4.38. The molecule has 0 radical (unpaired) electrons. The first-order chi connectivity index (χ1) is 12.6. The number of hydrogen-bond acceptors (Lipinski definition) is 5. The Morgan fingerprint density at radius 3 is 2.63 bits per heavy atom. The number of alkyl halides is 3. The van der Waals surface area contributed by atoms with Gasteiger partial charge in [-0.15, -0.1) is 11.3 Å². The molecule has 146 valence electrons. The van der Waals surface area contributed by atoms with Crippen LogP contribution in [-0.4, -0.2) is 30.3 Å². The number of sulfone groups is 1. The summed E-state index contributed by atoms with van der Waals surface area (Å²) in [5, 5.41) is 3.61. The van der Waals surface area contributed by atoms with E-state index in [4.69, 9.17) is 0 Å². The van der Waals surface area contributed by atoms with E-state index in [-0.39, 0.29) is 16.4 Å². The van der Waals surface area contributed by atoms with Crippen LogP contribution in [0.4, 0.5) is 18.3 Å². The molecule has 27 heavy (non-hydrogen) atoms. The highest BCUT2D eigenvalue weighted by molar-refractivity contribution is 7.92. The molecular formula is C17H17F3N2O3S2. The maximum atomic E-state index is 12.8. The van der Waals surface area contributed by atoms with Gasteiger partial charge in [-0.2, -0.15) is 13.2 Å². The molecule has 1 N–H and O–H groups in total. The van der Waals surface area contributed by atoms with E-state index in [1.807, 2.05) is 0 Å². The second-order valence-corrected chi connectivity index (χ2v) is 9.52. The number of benzene rings is 1. The van der Waals surface area contributed by atoms with Gasteiger partial charge in [0.15, 0.2) is 15.0 Å². The van der Waals surface area contributed by atoms with Crippen molar-refractivity contribution in [3.05, 3.63) is 35.2 Å². The van der Waals surface area contributed by atoms with Gasteiger partial charge in [0.25, 0.3) is 0 Å². The molecule has 1 aliphatic carbocycles. The summed E-state index contributed by atoms with van der Waals surface area (Å²) in [4.78, 5) is 16.1. The largest absolute Gasteiger partial charge is 0.416 e. The molecule has 1 aromatic carbocycles. The summed E-state index contributed by atoms with van der Waals surface area (Å²) >= 11 is 1.03. The molecule has 10 heteroatoms. The predicted octanol–water partition coefficient (Wildman–Crippen LogP) is 4.12. The van der Waals surface area contributed by atoms with Crippen LogP contribution in [0.25, 0.3) is 11.3 Å². The second-order valence-electron chi connectivity index (χ2n) is 6.38. The SMILES string of the molecule is O=C(CS(=O)(=O)C1CCCC1)Nc1nc(-c2cccc(C(F)(F)F)c2)cs1. The summed E-state index contributed by atoms with van der Waals surface area (Å²) in [7, 11) is -3.51. The monoisotopic (exact) mass is 418 g/mol. The van der Waals surface area contributed by atoms with Crippen LogP contribution < -0.4 is 5.32 Å². The zero-order valence-electron chi connectivity index (χ0n) is 14.1. The van der Waals surface area contributed by atoms with E-state index in [0.29, 0.717) is 12.8 Å². The summed E-state index contributed by atoms with van der Waals surface area (Å²) in [5.41, 5.74) is -0.249. The molecule has 1 amide bonds. The minimum absolute atomic E-state index is 0.147. The molecule has 0 aliphatic heterocycles. The number of halogens is 3. The average Bonchev–Trinajstić information content (AvgIpc) is 3.25. The fourth-order valence-corrected chi connectivity index (χ4v) is 5.48. The topological polar surface area (TPSA) is 76.1 Å². The van der Waals surface area contributed by atoms with Crippen molar-refractivity contribution in [1.29, 1.82) is 0 Å². The van der Waals surface area contributed by atoms with Crippen molar-refractivity contribution in [3.8, 4) is 11.3 Å². The maximum Gasteiger partial charge on any atom is 0.416 e. The predicted molar refractivity (Wildman–Crippen MR) is 97.2 cm³/mol. The van der Waals surface area contributed by atoms with Crippen molar-refractivity contribution in [2.45, 2.75) is 37.1 Å². The van der Waals surface area contributed by atoms with Crippen LogP contribution in [0.1, 0.15) is 31.2 Å². The molecule has 1 aromatic heterocycles. The van der Waals surface area contributed by atoms with E-state index in [1.165, 1.54) is 17.5 Å². The maximum absolute atomic E-state index is 12.8. The van der Waals surface area contributed by atoms with Gasteiger partial charge in [-0.05, 0) is 25.0 Å². The van der Waals surface area contributed by atoms with Crippen LogP contribution >= 0.6 is 11.3 Å². The van der Waals surface area contributed by atoms with E-state index in [1.54, 1.807) is 0 Å². The Morgan fingerprint density at radius 2 is 1.96 bits per heavy atom. The Balaban J connectivity index is 1.68. The average molecular weight is 418 g/mol. The lowest BCUT2D eigenvalue weighted by Gasteiger charge is -2.10. The van der Waals surface area contributed by atoms with Crippen LogP contribution in [0.15, 0.2) is 29.6 Å². The number of aromatic nitrogens is 1. The number of carbonyl (C=O) groups excluding carboxylic acids is 1. The molecule has 0 unspecified atom stereocenters. The molecule has 1 saturated carbocycles. The standard InChI is InChI=1S/C17H17F3N2O3S2/c18-17(19,20)12-5-3-4-11(8-12)14-9-26-16(21-14)22-15(23)10-27(24,25)13-6-1-2-7-13/h3-5,8-9,13H,1-2,6-7,10H2,(H,21,22,23). The third kappa shape index (κ3) is 4.86. The highest BCUT2D eigenvalue weighted by Gasteiger charge is 2.31. The van der Waals surface area contributed by atoms with Gasteiger partial charge >= 0.3 is 6.18 Å². The number of nitrogens with zero attached hydrogens (tertiary/aromatic N) is 1. The molecule has 0 atom stereocenters. The Bertz CT molecular complexity index is 933. The molecule has 5 nitrogen and oxygen atoms in total. The Labute approximate surface area is 158 Å². The number of hydrogen-bond donors (Lipinski definition) is 1. The molecule has 0 spiro atoms. The highest BCUT2D eigenvalue weighted by Crippen LogP contribution is 2.33. The fraction of sp³-hybridized carbons (Fsp3) is 0.412. The normalized spacial score (nSPS) is 15.8. The van der Waals surface area contributed by atoms with Crippen LogP contribution in [0.2, 0.25) is 0 Å². The van der Waals surface area contributed by atoms with Crippen molar-refractivity contribution in [2.24, 2.45) is 0 Å². The number of anilines is 1. The Morgan fingerprint density at radius 1 is 1.26 bits per heavy atom. The first-order valence-electron chi connectivity index (χ1n) is 8.30. The summed E-state index contributed by atoms with van der Waals surface area (Å²) in [6, 6.07) is 4.71. The summed E-state index contributed by atoms with van der Waals surface area (Å²) in [6.45, 7) is 0. The molecule has 3 rings (SSSR count). The Kier molecular flexibility index (Phi) is 5.57. The minimum atomic E-state index is -4.46. The second kappa shape index (κ2) is 7.59. The van der Waals surface area contributed by atoms with E-state index in [2.05, 4.69) is 10.3 Å². The van der Waals surface area contributed by atoms with Gasteiger partial charge in [-0.25, -0.2) is 13.4 Å². The van der Waals surface area contributed by atoms with Gasteiger partial charge in [0, 0.05) is 10.9 Å². The van der Waals surface area contributed by atoms with Crippen molar-refractivity contribution in [3.63, 3.8) is 0 Å². The van der Waals surface area contributed by atoms with Crippen LogP contribution in [0.5, 0.6) is 0 Å². The number of nitrogens with one attached hydrogen (secondary N) is 1. The van der Waals surface area contributed by atoms with Crippen LogP contribution in [0, 0.1) is 0 Å². The first kappa shape index (κ1) is 19.8. The lowest BCUT2D eigenvalue weighted by atomic mass is 10.1. The zero-order valence-corrected chi connectivity index (χ0v) is 15.8. The van der Waals surface area contributed by atoms with E-state index in [0.717, 1.165) is 36.3 Å². The quantitative estimate of drug-likeness (QED) is 0.792. The van der Waals surface area contributed by atoms with Crippen LogP contribution in [0.3, 0.4) is 0 Å². The summed E-state index contributed by atoms with van der Waals surface area (Å²) in [5.74, 6) is -1.30. The third-order valence-corrected chi connectivity index (χ3v) is 7.29. The molecule has 1 aliphatic rings. The minimum Gasteiger partial charge on any atom is -0.301 e. The van der Waals surface area contributed by atoms with Crippen molar-refractivity contribution < 1.29 is 26.4 Å². The summed E-state index contributed by atoms with van der Waals surface area (Å²) < 4.78 is 62.9. The van der Waals surface area contributed by atoms with E-state index in [9.17, 15) is 26.4 Å². The van der Waals surface area contributed by atoms with Gasteiger partial charge in [0.05, 0.1) is 16.5 Å². The molecule has 0 bridgehead atoms. The van der Waals surface area contributed by atoms with Crippen molar-refractivity contribution >= 4 is 32.2 Å². The number of carbonyl (C=O) groups is 1. The van der Waals surface area contributed by atoms with Gasteiger partial charge in [0.1, 0.15) is 5.75 Å². The Hall–Kier alpha value is -1.94. The number of rotatable bonds is 5. The molecule has 1 heterocycles.